The molecule has 1 heterocycles. The van der Waals surface area contributed by atoms with E-state index in [9.17, 15) is 5.26 Å². The highest BCUT2D eigenvalue weighted by Gasteiger charge is 2.36. The number of hydrogen-bond donors (Lipinski definition) is 0. The lowest BCUT2D eigenvalue weighted by Crippen LogP contribution is -2.01. The SMILES string of the molecule is N#Cc1c(Cl)cccc1Sc1nnc(C2CC2)n1C1CC1. The second-order valence-electron chi connectivity index (χ2n) is 5.54. The Kier molecular flexibility index (Phi) is 3.16. The standard InChI is InChI=1S/C15H13ClN4S/c16-12-2-1-3-13(11(12)8-17)21-15-19-18-14(9-4-5-9)20(15)10-6-7-10/h1-3,9-10H,4-7H2. The predicted octanol–water partition coefficient (Wildman–Crippen LogP) is 4.17. The van der Waals surface area contributed by atoms with Crippen LogP contribution in [0.15, 0.2) is 28.3 Å². The van der Waals surface area contributed by atoms with Gasteiger partial charge >= 0.3 is 0 Å². The third-order valence-corrected chi connectivity index (χ3v) is 5.17. The second-order valence-corrected chi connectivity index (χ2v) is 6.96. The van der Waals surface area contributed by atoms with E-state index < -0.39 is 0 Å². The summed E-state index contributed by atoms with van der Waals surface area (Å²) in [5.74, 6) is 1.71. The summed E-state index contributed by atoms with van der Waals surface area (Å²) in [6, 6.07) is 8.25. The van der Waals surface area contributed by atoms with Crippen molar-refractivity contribution in [3.05, 3.63) is 34.6 Å². The van der Waals surface area contributed by atoms with Crippen LogP contribution in [0.4, 0.5) is 0 Å². The van der Waals surface area contributed by atoms with Crippen molar-refractivity contribution in [2.24, 2.45) is 0 Å². The Morgan fingerprint density at radius 3 is 2.71 bits per heavy atom. The smallest absolute Gasteiger partial charge is 0.196 e. The molecule has 2 aromatic rings. The first kappa shape index (κ1) is 13.2. The summed E-state index contributed by atoms with van der Waals surface area (Å²) in [7, 11) is 0. The molecule has 4 nitrogen and oxygen atoms in total. The van der Waals surface area contributed by atoms with E-state index in [0.29, 0.717) is 22.5 Å². The van der Waals surface area contributed by atoms with E-state index in [-0.39, 0.29) is 0 Å². The van der Waals surface area contributed by atoms with Crippen molar-refractivity contribution in [3.8, 4) is 6.07 Å². The minimum atomic E-state index is 0.488. The fourth-order valence-corrected chi connectivity index (χ4v) is 3.75. The largest absolute Gasteiger partial charge is 0.302 e. The van der Waals surface area contributed by atoms with Crippen LogP contribution in [0.3, 0.4) is 0 Å². The van der Waals surface area contributed by atoms with E-state index in [4.69, 9.17) is 11.6 Å². The summed E-state index contributed by atoms with van der Waals surface area (Å²) >= 11 is 7.59. The lowest BCUT2D eigenvalue weighted by Gasteiger charge is -2.09. The van der Waals surface area contributed by atoms with Crippen LogP contribution in [0.1, 0.15) is 49.0 Å². The van der Waals surface area contributed by atoms with Gasteiger partial charge in [-0.3, -0.25) is 0 Å². The van der Waals surface area contributed by atoms with Gasteiger partial charge in [-0.05, 0) is 49.6 Å². The molecule has 6 heteroatoms. The molecule has 0 radical (unpaired) electrons. The maximum atomic E-state index is 9.28. The molecule has 106 valence electrons. The Bertz CT molecular complexity index is 741. The Morgan fingerprint density at radius 2 is 2.05 bits per heavy atom. The highest BCUT2D eigenvalue weighted by Crippen LogP contribution is 2.47. The third kappa shape index (κ3) is 2.43. The van der Waals surface area contributed by atoms with Crippen LogP contribution in [-0.2, 0) is 0 Å². The van der Waals surface area contributed by atoms with Gasteiger partial charge in [0, 0.05) is 16.9 Å². The molecule has 21 heavy (non-hydrogen) atoms. The number of benzene rings is 1. The lowest BCUT2D eigenvalue weighted by molar-refractivity contribution is 0.627. The molecule has 0 spiro atoms. The van der Waals surface area contributed by atoms with Gasteiger partial charge in [0.25, 0.3) is 0 Å². The van der Waals surface area contributed by atoms with Gasteiger partial charge in [-0.2, -0.15) is 5.26 Å². The van der Waals surface area contributed by atoms with Crippen LogP contribution in [0.2, 0.25) is 5.02 Å². The van der Waals surface area contributed by atoms with Crippen molar-refractivity contribution >= 4 is 23.4 Å². The van der Waals surface area contributed by atoms with E-state index in [2.05, 4.69) is 20.8 Å². The Morgan fingerprint density at radius 1 is 1.24 bits per heavy atom. The minimum absolute atomic E-state index is 0.488. The van der Waals surface area contributed by atoms with E-state index in [1.54, 1.807) is 6.07 Å². The average molecular weight is 317 g/mol. The molecule has 2 fully saturated rings. The van der Waals surface area contributed by atoms with Gasteiger partial charge in [-0.1, -0.05) is 17.7 Å². The van der Waals surface area contributed by atoms with Crippen molar-refractivity contribution in [1.29, 1.82) is 5.26 Å². The number of rotatable bonds is 4. The van der Waals surface area contributed by atoms with Crippen LogP contribution < -0.4 is 0 Å². The summed E-state index contributed by atoms with van der Waals surface area (Å²) in [5, 5.41) is 19.4. The zero-order chi connectivity index (χ0) is 14.4. The fraction of sp³-hybridized carbons (Fsp3) is 0.400. The number of nitrogens with zero attached hydrogens (tertiary/aromatic N) is 4. The number of aromatic nitrogens is 3. The van der Waals surface area contributed by atoms with Crippen LogP contribution in [0.5, 0.6) is 0 Å². The molecule has 0 saturated heterocycles. The molecule has 0 aliphatic heterocycles. The van der Waals surface area contributed by atoms with E-state index in [1.165, 1.54) is 37.4 Å². The van der Waals surface area contributed by atoms with Crippen molar-refractivity contribution in [1.82, 2.24) is 14.8 Å². The molecular weight excluding hydrogens is 304 g/mol. The predicted molar refractivity (Wildman–Crippen MR) is 80.6 cm³/mol. The molecular formula is C15H13ClN4S. The first-order valence-electron chi connectivity index (χ1n) is 7.09. The van der Waals surface area contributed by atoms with Gasteiger partial charge in [0.1, 0.15) is 11.9 Å². The number of nitriles is 1. The van der Waals surface area contributed by atoms with Crippen LogP contribution >= 0.6 is 23.4 Å². The Hall–Kier alpha value is -1.51. The van der Waals surface area contributed by atoms with E-state index >= 15 is 0 Å². The second kappa shape index (κ2) is 5.04. The van der Waals surface area contributed by atoms with Crippen molar-refractivity contribution in [2.45, 2.75) is 47.7 Å². The van der Waals surface area contributed by atoms with Gasteiger partial charge in [-0.15, -0.1) is 10.2 Å². The Labute approximate surface area is 132 Å². The number of hydrogen-bond acceptors (Lipinski definition) is 4. The minimum Gasteiger partial charge on any atom is -0.302 e. The van der Waals surface area contributed by atoms with Gasteiger partial charge in [0.2, 0.25) is 0 Å². The van der Waals surface area contributed by atoms with Gasteiger partial charge in [-0.25, -0.2) is 0 Å². The molecule has 1 aromatic carbocycles. The normalized spacial score (nSPS) is 17.7. The van der Waals surface area contributed by atoms with Crippen molar-refractivity contribution in [2.75, 3.05) is 0 Å². The summed E-state index contributed by atoms with van der Waals surface area (Å²) in [6.45, 7) is 0. The highest BCUT2D eigenvalue weighted by atomic mass is 35.5. The lowest BCUT2D eigenvalue weighted by atomic mass is 10.2. The Balaban J connectivity index is 1.72. The first-order chi connectivity index (χ1) is 10.3. The highest BCUT2D eigenvalue weighted by molar-refractivity contribution is 7.99. The molecule has 0 bridgehead atoms. The van der Waals surface area contributed by atoms with Gasteiger partial charge in [0.15, 0.2) is 5.16 Å². The maximum Gasteiger partial charge on any atom is 0.196 e. The van der Waals surface area contributed by atoms with Crippen LogP contribution in [0.25, 0.3) is 0 Å². The topological polar surface area (TPSA) is 54.5 Å². The molecule has 2 aliphatic carbocycles. The summed E-state index contributed by atoms with van der Waals surface area (Å²) in [4.78, 5) is 0.849. The van der Waals surface area contributed by atoms with Gasteiger partial charge in [0.05, 0.1) is 10.6 Å². The molecule has 0 unspecified atom stereocenters. The monoisotopic (exact) mass is 316 g/mol. The molecule has 0 atom stereocenters. The average Bonchev–Trinajstić information content (AvgIpc) is 3.39. The van der Waals surface area contributed by atoms with Crippen LogP contribution in [0, 0.1) is 11.3 Å². The first-order valence-corrected chi connectivity index (χ1v) is 8.28. The van der Waals surface area contributed by atoms with Gasteiger partial charge < -0.3 is 4.57 Å². The molecule has 0 N–H and O–H groups in total. The zero-order valence-electron chi connectivity index (χ0n) is 11.3. The molecule has 4 rings (SSSR count). The molecule has 2 saturated carbocycles. The maximum absolute atomic E-state index is 9.28. The summed E-state index contributed by atoms with van der Waals surface area (Å²) in [6.07, 6.45) is 4.84. The van der Waals surface area contributed by atoms with Crippen molar-refractivity contribution < 1.29 is 0 Å². The summed E-state index contributed by atoms with van der Waals surface area (Å²) in [5.41, 5.74) is 0.516. The quantitative estimate of drug-likeness (QED) is 0.849. The van der Waals surface area contributed by atoms with E-state index in [0.717, 1.165) is 15.9 Å². The van der Waals surface area contributed by atoms with E-state index in [1.807, 2.05) is 12.1 Å². The molecule has 1 aromatic heterocycles. The molecule has 0 amide bonds. The van der Waals surface area contributed by atoms with Crippen molar-refractivity contribution in [3.63, 3.8) is 0 Å². The number of halogens is 1. The molecule has 2 aliphatic rings. The fourth-order valence-electron chi connectivity index (χ4n) is 2.45. The summed E-state index contributed by atoms with van der Waals surface area (Å²) < 4.78 is 2.28. The van der Waals surface area contributed by atoms with Crippen LogP contribution in [-0.4, -0.2) is 14.8 Å². The third-order valence-electron chi connectivity index (χ3n) is 3.83. The zero-order valence-corrected chi connectivity index (χ0v) is 12.9.